The molecule has 0 aliphatic carbocycles. The van der Waals surface area contributed by atoms with E-state index >= 15 is 0 Å². The molecule has 5 heteroatoms. The summed E-state index contributed by atoms with van der Waals surface area (Å²) in [5.41, 5.74) is -0.339. The maximum Gasteiger partial charge on any atom is 0.305 e. The first-order chi connectivity index (χ1) is 7.33. The molecule has 0 atom stereocenters. The topological polar surface area (TPSA) is 60.9 Å². The van der Waals surface area contributed by atoms with Crippen LogP contribution in [0.3, 0.4) is 0 Å². The van der Waals surface area contributed by atoms with Gasteiger partial charge in [-0.3, -0.25) is 14.5 Å². The number of nitrogens with zero attached hydrogens (tertiary/aromatic N) is 2. The fraction of sp³-hybridized carbons (Fsp3) is 0.818. The van der Waals surface area contributed by atoms with Gasteiger partial charge in [0.05, 0.1) is 6.42 Å². The highest BCUT2D eigenvalue weighted by Crippen LogP contribution is 2.20. The van der Waals surface area contributed by atoms with Crippen molar-refractivity contribution in [2.24, 2.45) is 0 Å². The van der Waals surface area contributed by atoms with E-state index in [4.69, 9.17) is 5.11 Å². The van der Waals surface area contributed by atoms with Crippen molar-refractivity contribution in [2.75, 3.05) is 26.2 Å². The van der Waals surface area contributed by atoms with Crippen LogP contribution in [-0.4, -0.2) is 58.5 Å². The summed E-state index contributed by atoms with van der Waals surface area (Å²) in [6, 6.07) is 0. The molecular weight excluding hydrogens is 208 g/mol. The second kappa shape index (κ2) is 4.82. The van der Waals surface area contributed by atoms with Crippen LogP contribution in [0.1, 0.15) is 27.2 Å². The van der Waals surface area contributed by atoms with Crippen LogP contribution in [0.15, 0.2) is 0 Å². The molecule has 5 nitrogen and oxygen atoms in total. The zero-order chi connectivity index (χ0) is 12.3. The summed E-state index contributed by atoms with van der Waals surface area (Å²) < 4.78 is 0. The molecule has 1 amide bonds. The van der Waals surface area contributed by atoms with Gasteiger partial charge >= 0.3 is 5.97 Å². The second-order valence-corrected chi connectivity index (χ2v) is 4.88. The van der Waals surface area contributed by atoms with Gasteiger partial charge in [0.1, 0.15) is 0 Å². The van der Waals surface area contributed by atoms with Crippen LogP contribution >= 0.6 is 0 Å². The van der Waals surface area contributed by atoms with E-state index in [9.17, 15) is 9.59 Å². The fourth-order valence-electron chi connectivity index (χ4n) is 2.11. The van der Waals surface area contributed by atoms with Gasteiger partial charge in [0.25, 0.3) is 0 Å². The SMILES string of the molecule is CC(=O)N1CCN(C(C)(C)CC(=O)O)CC1. The maximum atomic E-state index is 11.1. The Morgan fingerprint density at radius 2 is 1.69 bits per heavy atom. The first-order valence-electron chi connectivity index (χ1n) is 5.55. The van der Waals surface area contributed by atoms with Crippen molar-refractivity contribution in [1.29, 1.82) is 0 Å². The molecule has 0 unspecified atom stereocenters. The Bertz CT molecular complexity index is 281. The van der Waals surface area contributed by atoms with E-state index in [0.717, 1.165) is 13.1 Å². The highest BCUT2D eigenvalue weighted by atomic mass is 16.4. The second-order valence-electron chi connectivity index (χ2n) is 4.88. The molecule has 1 fully saturated rings. The number of carbonyl (C=O) groups excluding carboxylic acids is 1. The van der Waals surface area contributed by atoms with E-state index in [2.05, 4.69) is 4.90 Å². The molecule has 0 radical (unpaired) electrons. The van der Waals surface area contributed by atoms with Crippen molar-refractivity contribution in [3.05, 3.63) is 0 Å². The standard InChI is InChI=1S/C11H20N2O3/c1-9(14)12-4-6-13(7-5-12)11(2,3)8-10(15)16/h4-8H2,1-3H3,(H,15,16). The van der Waals surface area contributed by atoms with Crippen LogP contribution in [0.25, 0.3) is 0 Å². The summed E-state index contributed by atoms with van der Waals surface area (Å²) in [4.78, 5) is 25.8. The minimum Gasteiger partial charge on any atom is -0.481 e. The van der Waals surface area contributed by atoms with Gasteiger partial charge in [0.2, 0.25) is 5.91 Å². The summed E-state index contributed by atoms with van der Waals surface area (Å²) in [5, 5.41) is 8.83. The number of amides is 1. The molecule has 16 heavy (non-hydrogen) atoms. The van der Waals surface area contributed by atoms with Crippen molar-refractivity contribution >= 4 is 11.9 Å². The molecule has 1 aliphatic rings. The minimum atomic E-state index is -0.779. The van der Waals surface area contributed by atoms with Crippen molar-refractivity contribution in [3.63, 3.8) is 0 Å². The smallest absolute Gasteiger partial charge is 0.305 e. The number of rotatable bonds is 3. The number of hydrogen-bond acceptors (Lipinski definition) is 3. The van der Waals surface area contributed by atoms with Gasteiger partial charge in [-0.25, -0.2) is 0 Å². The molecule has 1 rings (SSSR count). The Morgan fingerprint density at radius 3 is 2.06 bits per heavy atom. The number of aliphatic carboxylic acids is 1. The average Bonchev–Trinajstić information content (AvgIpc) is 2.16. The summed E-state index contributed by atoms with van der Waals surface area (Å²) in [7, 11) is 0. The predicted octanol–water partition coefficient (Wildman–Crippen LogP) is 0.404. The highest BCUT2D eigenvalue weighted by molar-refractivity contribution is 5.73. The van der Waals surface area contributed by atoms with Gasteiger partial charge in [-0.15, -0.1) is 0 Å². The number of carboxylic acid groups (broad SMARTS) is 1. The summed E-state index contributed by atoms with van der Waals surface area (Å²) in [5.74, 6) is -0.685. The van der Waals surface area contributed by atoms with Crippen molar-refractivity contribution < 1.29 is 14.7 Å². The largest absolute Gasteiger partial charge is 0.481 e. The Kier molecular flexibility index (Phi) is 3.91. The quantitative estimate of drug-likeness (QED) is 0.759. The Labute approximate surface area is 96.0 Å². The third-order valence-electron chi connectivity index (χ3n) is 3.16. The lowest BCUT2D eigenvalue weighted by Crippen LogP contribution is -2.56. The van der Waals surface area contributed by atoms with Crippen LogP contribution in [0.2, 0.25) is 0 Å². The first-order valence-corrected chi connectivity index (χ1v) is 5.55. The Balaban J connectivity index is 2.52. The highest BCUT2D eigenvalue weighted by Gasteiger charge is 2.32. The number of carboxylic acids is 1. The zero-order valence-electron chi connectivity index (χ0n) is 10.2. The molecule has 0 aromatic rings. The molecule has 0 aromatic carbocycles. The molecule has 1 aliphatic heterocycles. The van der Waals surface area contributed by atoms with Crippen molar-refractivity contribution in [3.8, 4) is 0 Å². The van der Waals surface area contributed by atoms with E-state index in [0.29, 0.717) is 13.1 Å². The minimum absolute atomic E-state index is 0.0932. The van der Waals surface area contributed by atoms with Gasteiger partial charge in [-0.1, -0.05) is 0 Å². The molecule has 1 heterocycles. The third kappa shape index (κ3) is 3.20. The van der Waals surface area contributed by atoms with Gasteiger partial charge in [-0.2, -0.15) is 0 Å². The fourth-order valence-corrected chi connectivity index (χ4v) is 2.11. The Morgan fingerprint density at radius 1 is 1.19 bits per heavy atom. The third-order valence-corrected chi connectivity index (χ3v) is 3.16. The van der Waals surface area contributed by atoms with Crippen molar-refractivity contribution in [1.82, 2.24) is 9.80 Å². The molecule has 0 bridgehead atoms. The summed E-state index contributed by atoms with van der Waals surface area (Å²) in [6.07, 6.45) is 0.132. The predicted molar refractivity (Wildman–Crippen MR) is 60.2 cm³/mol. The number of hydrogen-bond donors (Lipinski definition) is 1. The van der Waals surface area contributed by atoms with Crippen LogP contribution in [0.5, 0.6) is 0 Å². The Hall–Kier alpha value is -1.10. The van der Waals surface area contributed by atoms with Crippen LogP contribution in [0, 0.1) is 0 Å². The lowest BCUT2D eigenvalue weighted by molar-refractivity contribution is -0.141. The van der Waals surface area contributed by atoms with Crippen LogP contribution in [0.4, 0.5) is 0 Å². The van der Waals surface area contributed by atoms with Crippen LogP contribution < -0.4 is 0 Å². The van der Waals surface area contributed by atoms with Crippen LogP contribution in [-0.2, 0) is 9.59 Å². The molecular formula is C11H20N2O3. The molecule has 0 spiro atoms. The lowest BCUT2D eigenvalue weighted by Gasteiger charge is -2.43. The van der Waals surface area contributed by atoms with Gasteiger partial charge in [-0.05, 0) is 13.8 Å². The molecule has 92 valence electrons. The first kappa shape index (κ1) is 13.0. The molecule has 0 saturated carbocycles. The van der Waals surface area contributed by atoms with Gasteiger partial charge in [0, 0.05) is 38.6 Å². The number of piperazine rings is 1. The van der Waals surface area contributed by atoms with E-state index < -0.39 is 5.97 Å². The van der Waals surface area contributed by atoms with E-state index in [1.54, 1.807) is 11.8 Å². The summed E-state index contributed by atoms with van der Waals surface area (Å²) in [6.45, 7) is 8.32. The van der Waals surface area contributed by atoms with Gasteiger partial charge in [0.15, 0.2) is 0 Å². The number of carbonyl (C=O) groups is 2. The normalized spacial score (nSPS) is 18.6. The maximum absolute atomic E-state index is 11.1. The van der Waals surface area contributed by atoms with Gasteiger partial charge < -0.3 is 10.0 Å². The zero-order valence-corrected chi connectivity index (χ0v) is 10.2. The molecule has 1 N–H and O–H groups in total. The summed E-state index contributed by atoms with van der Waals surface area (Å²) >= 11 is 0. The average molecular weight is 228 g/mol. The monoisotopic (exact) mass is 228 g/mol. The molecule has 0 aromatic heterocycles. The van der Waals surface area contributed by atoms with Crippen molar-refractivity contribution in [2.45, 2.75) is 32.7 Å². The van der Waals surface area contributed by atoms with E-state index in [-0.39, 0.29) is 17.9 Å². The lowest BCUT2D eigenvalue weighted by atomic mass is 9.97. The van der Waals surface area contributed by atoms with E-state index in [1.807, 2.05) is 13.8 Å². The molecule has 1 saturated heterocycles. The van der Waals surface area contributed by atoms with E-state index in [1.165, 1.54) is 0 Å².